The molecule has 2 saturated heterocycles. The molecule has 0 saturated carbocycles. The van der Waals surface area contributed by atoms with Crippen LogP contribution in [0, 0.1) is 6.92 Å². The van der Waals surface area contributed by atoms with Crippen molar-refractivity contribution in [1.29, 1.82) is 0 Å². The van der Waals surface area contributed by atoms with Crippen LogP contribution in [-0.4, -0.2) is 55.5 Å². The topological polar surface area (TPSA) is 95.1 Å². The summed E-state index contributed by atoms with van der Waals surface area (Å²) in [5, 5.41) is 6.82. The number of aromatic nitrogens is 4. The lowest BCUT2D eigenvalue weighted by Crippen LogP contribution is -2.40. The number of carbonyl (C=O) groups excluding carboxylic acids is 2. The SMILES string of the molecule is Cc1cc(C(=O)N2CC[C@@H]3[C@@H]2CC(=O)N3c2cncnc2)n[nH]1. The van der Waals surface area contributed by atoms with Gasteiger partial charge >= 0.3 is 0 Å². The molecule has 0 aliphatic carbocycles. The fraction of sp³-hybridized carbons (Fsp3) is 0.400. The van der Waals surface area contributed by atoms with Gasteiger partial charge in [0.1, 0.15) is 12.0 Å². The van der Waals surface area contributed by atoms with Crippen molar-refractivity contribution in [3.63, 3.8) is 0 Å². The van der Waals surface area contributed by atoms with Crippen LogP contribution in [0.25, 0.3) is 0 Å². The van der Waals surface area contributed by atoms with Gasteiger partial charge in [-0.15, -0.1) is 0 Å². The molecule has 4 rings (SSSR count). The Hall–Kier alpha value is -2.77. The molecule has 2 atom stereocenters. The third-order valence-corrected chi connectivity index (χ3v) is 4.51. The molecule has 0 radical (unpaired) electrons. The van der Waals surface area contributed by atoms with Crippen LogP contribution in [0.5, 0.6) is 0 Å². The molecular formula is C15H16N6O2. The van der Waals surface area contributed by atoms with E-state index in [-0.39, 0.29) is 23.9 Å². The van der Waals surface area contributed by atoms with Gasteiger partial charge in [0, 0.05) is 18.7 Å². The minimum atomic E-state index is -0.124. The predicted octanol–water partition coefficient (Wildman–Crippen LogP) is 0.528. The van der Waals surface area contributed by atoms with E-state index in [0.29, 0.717) is 24.3 Å². The zero-order valence-corrected chi connectivity index (χ0v) is 12.6. The molecule has 8 nitrogen and oxygen atoms in total. The van der Waals surface area contributed by atoms with Crippen LogP contribution in [0.2, 0.25) is 0 Å². The molecule has 2 fully saturated rings. The van der Waals surface area contributed by atoms with Crippen LogP contribution in [0.4, 0.5) is 5.69 Å². The highest BCUT2D eigenvalue weighted by Gasteiger charge is 2.49. The van der Waals surface area contributed by atoms with E-state index in [0.717, 1.165) is 12.1 Å². The molecule has 0 bridgehead atoms. The fourth-order valence-corrected chi connectivity index (χ4v) is 3.52. The van der Waals surface area contributed by atoms with Gasteiger partial charge in [-0.1, -0.05) is 0 Å². The van der Waals surface area contributed by atoms with E-state index in [1.807, 2.05) is 6.92 Å². The molecule has 0 unspecified atom stereocenters. The number of hydrogen-bond donors (Lipinski definition) is 1. The van der Waals surface area contributed by atoms with Crippen molar-refractivity contribution in [3.8, 4) is 0 Å². The summed E-state index contributed by atoms with van der Waals surface area (Å²) < 4.78 is 0. The van der Waals surface area contributed by atoms with Crippen LogP contribution in [0.15, 0.2) is 24.8 Å². The zero-order valence-electron chi connectivity index (χ0n) is 12.6. The van der Waals surface area contributed by atoms with Gasteiger partial charge in [0.15, 0.2) is 0 Å². The van der Waals surface area contributed by atoms with Gasteiger partial charge in [0.25, 0.3) is 5.91 Å². The molecule has 2 aromatic rings. The van der Waals surface area contributed by atoms with Gasteiger partial charge in [-0.05, 0) is 19.4 Å². The van der Waals surface area contributed by atoms with Crippen molar-refractivity contribution in [1.82, 2.24) is 25.1 Å². The van der Waals surface area contributed by atoms with Crippen molar-refractivity contribution in [2.45, 2.75) is 31.8 Å². The van der Waals surface area contributed by atoms with E-state index in [9.17, 15) is 9.59 Å². The highest BCUT2D eigenvalue weighted by molar-refractivity contribution is 5.99. The monoisotopic (exact) mass is 312 g/mol. The molecule has 2 aliphatic heterocycles. The highest BCUT2D eigenvalue weighted by atomic mass is 16.2. The van der Waals surface area contributed by atoms with Crippen molar-refractivity contribution in [3.05, 3.63) is 36.2 Å². The number of hydrogen-bond acceptors (Lipinski definition) is 5. The number of aromatic amines is 1. The minimum absolute atomic E-state index is 0.00510. The molecule has 0 spiro atoms. The van der Waals surface area contributed by atoms with Gasteiger partial charge in [-0.3, -0.25) is 14.7 Å². The molecule has 2 aliphatic rings. The fourth-order valence-electron chi connectivity index (χ4n) is 3.52. The number of amides is 2. The summed E-state index contributed by atoms with van der Waals surface area (Å²) in [7, 11) is 0. The van der Waals surface area contributed by atoms with Gasteiger partial charge in [0.2, 0.25) is 5.91 Å². The number of aryl methyl sites for hydroxylation is 1. The van der Waals surface area contributed by atoms with E-state index in [1.54, 1.807) is 28.3 Å². The second-order valence-corrected chi connectivity index (χ2v) is 5.92. The first kappa shape index (κ1) is 13.9. The number of H-pyrrole nitrogens is 1. The number of fused-ring (bicyclic) bond motifs is 1. The molecule has 4 heterocycles. The third-order valence-electron chi connectivity index (χ3n) is 4.51. The van der Waals surface area contributed by atoms with Gasteiger partial charge in [0.05, 0.1) is 30.2 Å². The Labute approximate surface area is 132 Å². The van der Waals surface area contributed by atoms with Crippen molar-refractivity contribution < 1.29 is 9.59 Å². The summed E-state index contributed by atoms with van der Waals surface area (Å²) in [5.41, 5.74) is 1.93. The number of carbonyl (C=O) groups is 2. The first-order valence-corrected chi connectivity index (χ1v) is 7.55. The Morgan fingerprint density at radius 3 is 2.78 bits per heavy atom. The first-order valence-electron chi connectivity index (χ1n) is 7.55. The summed E-state index contributed by atoms with van der Waals surface area (Å²) in [6, 6.07) is 1.60. The Bertz CT molecular complexity index is 758. The Morgan fingerprint density at radius 2 is 2.09 bits per heavy atom. The quantitative estimate of drug-likeness (QED) is 0.872. The Morgan fingerprint density at radius 1 is 1.30 bits per heavy atom. The zero-order chi connectivity index (χ0) is 16.0. The van der Waals surface area contributed by atoms with Gasteiger partial charge in [-0.25, -0.2) is 9.97 Å². The standard InChI is InChI=1S/C15H16N6O2/c1-9-4-11(19-18-9)15(23)20-3-2-12-13(20)5-14(22)21(12)10-6-16-8-17-7-10/h4,6-8,12-13H,2-3,5H2,1H3,(H,18,19)/t12-,13+/m1/s1. The predicted molar refractivity (Wildman–Crippen MR) is 80.7 cm³/mol. The van der Waals surface area contributed by atoms with Crippen LogP contribution in [0.3, 0.4) is 0 Å². The lowest BCUT2D eigenvalue weighted by atomic mass is 10.1. The Balaban J connectivity index is 1.60. The molecule has 2 amide bonds. The molecule has 23 heavy (non-hydrogen) atoms. The number of likely N-dealkylation sites (tertiary alicyclic amines) is 1. The average molecular weight is 312 g/mol. The maximum Gasteiger partial charge on any atom is 0.274 e. The molecule has 2 aromatic heterocycles. The molecule has 1 N–H and O–H groups in total. The second-order valence-electron chi connectivity index (χ2n) is 5.92. The number of nitrogens with zero attached hydrogens (tertiary/aromatic N) is 5. The summed E-state index contributed by atoms with van der Waals surface area (Å²) in [5.74, 6) is -0.119. The smallest absolute Gasteiger partial charge is 0.274 e. The van der Waals surface area contributed by atoms with Crippen LogP contribution >= 0.6 is 0 Å². The Kier molecular flexibility index (Phi) is 3.10. The highest BCUT2D eigenvalue weighted by Crippen LogP contribution is 2.36. The van der Waals surface area contributed by atoms with Gasteiger partial charge in [-0.2, -0.15) is 5.10 Å². The minimum Gasteiger partial charge on any atom is -0.332 e. The average Bonchev–Trinajstić information content (AvgIpc) is 3.22. The normalized spacial score (nSPS) is 23.4. The summed E-state index contributed by atoms with van der Waals surface area (Å²) >= 11 is 0. The molecule has 118 valence electrons. The van der Waals surface area contributed by atoms with Crippen molar-refractivity contribution >= 4 is 17.5 Å². The number of anilines is 1. The number of rotatable bonds is 2. The molecular weight excluding hydrogens is 296 g/mol. The first-order chi connectivity index (χ1) is 11.1. The lowest BCUT2D eigenvalue weighted by Gasteiger charge is -2.24. The summed E-state index contributed by atoms with van der Waals surface area (Å²) in [6.45, 7) is 2.48. The summed E-state index contributed by atoms with van der Waals surface area (Å²) in [4.78, 5) is 36.5. The van der Waals surface area contributed by atoms with E-state index in [1.165, 1.54) is 6.33 Å². The van der Waals surface area contributed by atoms with Crippen LogP contribution in [0.1, 0.15) is 29.0 Å². The van der Waals surface area contributed by atoms with Crippen LogP contribution < -0.4 is 4.90 Å². The van der Waals surface area contributed by atoms with Crippen molar-refractivity contribution in [2.24, 2.45) is 0 Å². The molecule has 0 aromatic carbocycles. The van der Waals surface area contributed by atoms with E-state index in [4.69, 9.17) is 0 Å². The largest absolute Gasteiger partial charge is 0.332 e. The lowest BCUT2D eigenvalue weighted by molar-refractivity contribution is -0.117. The van der Waals surface area contributed by atoms with E-state index in [2.05, 4.69) is 20.2 Å². The second kappa shape index (κ2) is 5.15. The number of nitrogens with one attached hydrogen (secondary N) is 1. The van der Waals surface area contributed by atoms with Crippen LogP contribution in [-0.2, 0) is 4.79 Å². The van der Waals surface area contributed by atoms with E-state index < -0.39 is 0 Å². The third kappa shape index (κ3) is 2.18. The van der Waals surface area contributed by atoms with E-state index >= 15 is 0 Å². The van der Waals surface area contributed by atoms with Gasteiger partial charge < -0.3 is 9.80 Å². The van der Waals surface area contributed by atoms with Crippen molar-refractivity contribution in [2.75, 3.05) is 11.4 Å². The maximum absolute atomic E-state index is 12.6. The maximum atomic E-state index is 12.6. The summed E-state index contributed by atoms with van der Waals surface area (Å²) in [6.07, 6.45) is 5.78. The molecule has 8 heteroatoms.